The van der Waals surface area contributed by atoms with Crippen molar-refractivity contribution in [2.24, 2.45) is 5.73 Å². The highest BCUT2D eigenvalue weighted by Crippen LogP contribution is 2.23. The van der Waals surface area contributed by atoms with E-state index in [-0.39, 0.29) is 6.04 Å². The average molecular weight is 221 g/mol. The van der Waals surface area contributed by atoms with Gasteiger partial charge in [-0.2, -0.15) is 18.3 Å². The number of halogens is 3. The molecule has 15 heavy (non-hydrogen) atoms. The Bertz CT molecular complexity index is 352. The molecule has 3 nitrogen and oxygen atoms in total. The predicted molar refractivity (Wildman–Crippen MR) is 50.4 cm³/mol. The number of aryl methyl sites for hydroxylation is 1. The molecule has 0 aliphatic rings. The van der Waals surface area contributed by atoms with Crippen molar-refractivity contribution in [3.63, 3.8) is 0 Å². The minimum atomic E-state index is -4.25. The lowest BCUT2D eigenvalue weighted by Gasteiger charge is -2.09. The molecule has 0 bridgehead atoms. The van der Waals surface area contributed by atoms with E-state index in [0.29, 0.717) is 17.0 Å². The van der Waals surface area contributed by atoms with E-state index in [2.05, 4.69) is 5.10 Å². The number of alkyl halides is 3. The van der Waals surface area contributed by atoms with Crippen molar-refractivity contribution >= 4 is 0 Å². The smallest absolute Gasteiger partial charge is 0.324 e. The monoisotopic (exact) mass is 221 g/mol. The molecule has 0 aliphatic carbocycles. The first-order valence-corrected chi connectivity index (χ1v) is 4.58. The van der Waals surface area contributed by atoms with E-state index in [4.69, 9.17) is 5.73 Å². The second-order valence-corrected chi connectivity index (χ2v) is 3.65. The Kier molecular flexibility index (Phi) is 3.08. The van der Waals surface area contributed by atoms with Crippen molar-refractivity contribution in [3.8, 4) is 0 Å². The van der Waals surface area contributed by atoms with Crippen LogP contribution in [0.2, 0.25) is 0 Å². The molecule has 0 aromatic carbocycles. The summed E-state index contributed by atoms with van der Waals surface area (Å²) in [4.78, 5) is 0. The van der Waals surface area contributed by atoms with Crippen LogP contribution < -0.4 is 5.73 Å². The Morgan fingerprint density at radius 1 is 1.40 bits per heavy atom. The summed E-state index contributed by atoms with van der Waals surface area (Å²) in [6, 6.07) is -0.299. The molecule has 0 saturated carbocycles. The van der Waals surface area contributed by atoms with Crippen LogP contribution in [-0.4, -0.2) is 16.0 Å². The molecule has 1 rings (SSSR count). The van der Waals surface area contributed by atoms with Crippen LogP contribution >= 0.6 is 0 Å². The lowest BCUT2D eigenvalue weighted by atomic mass is 10.1. The van der Waals surface area contributed by atoms with Gasteiger partial charge in [0.25, 0.3) is 0 Å². The zero-order chi connectivity index (χ0) is 11.8. The van der Waals surface area contributed by atoms with Crippen LogP contribution in [0.15, 0.2) is 0 Å². The van der Waals surface area contributed by atoms with Crippen LogP contribution in [0.3, 0.4) is 0 Å². The van der Waals surface area contributed by atoms with E-state index in [1.165, 1.54) is 0 Å². The van der Waals surface area contributed by atoms with Crippen LogP contribution in [0.1, 0.15) is 29.9 Å². The second kappa shape index (κ2) is 3.84. The van der Waals surface area contributed by atoms with Crippen LogP contribution in [-0.2, 0) is 6.54 Å². The first kappa shape index (κ1) is 12.0. The van der Waals surface area contributed by atoms with E-state index >= 15 is 0 Å². The van der Waals surface area contributed by atoms with Crippen molar-refractivity contribution in [1.82, 2.24) is 9.78 Å². The van der Waals surface area contributed by atoms with Gasteiger partial charge in [0, 0.05) is 17.3 Å². The standard InChI is InChI=1S/C9H14F3N3/c1-5(13)8-6(2)14-15(7(8)3)4-9(10,11)12/h5H,4,13H2,1-3H3/t5-/m1/s1. The molecule has 1 aromatic heterocycles. The maximum atomic E-state index is 12.2. The summed E-state index contributed by atoms with van der Waals surface area (Å²) >= 11 is 0. The Balaban J connectivity index is 3.07. The third-order valence-electron chi connectivity index (χ3n) is 2.22. The van der Waals surface area contributed by atoms with Gasteiger partial charge >= 0.3 is 6.18 Å². The molecule has 1 atom stereocenters. The fraction of sp³-hybridized carbons (Fsp3) is 0.667. The van der Waals surface area contributed by atoms with Gasteiger partial charge in [0.2, 0.25) is 0 Å². The Morgan fingerprint density at radius 2 is 1.93 bits per heavy atom. The third-order valence-corrected chi connectivity index (χ3v) is 2.22. The molecular formula is C9H14F3N3. The quantitative estimate of drug-likeness (QED) is 0.830. The summed E-state index contributed by atoms with van der Waals surface area (Å²) in [5, 5.41) is 3.83. The van der Waals surface area contributed by atoms with Crippen molar-refractivity contribution in [2.75, 3.05) is 0 Å². The summed E-state index contributed by atoms with van der Waals surface area (Å²) in [5.41, 5.74) is 7.40. The van der Waals surface area contributed by atoms with Gasteiger partial charge in [-0.15, -0.1) is 0 Å². The number of nitrogens with zero attached hydrogens (tertiary/aromatic N) is 2. The molecule has 0 fully saturated rings. The summed E-state index contributed by atoms with van der Waals surface area (Å²) in [6.07, 6.45) is -4.25. The molecule has 0 amide bonds. The molecule has 0 spiro atoms. The average Bonchev–Trinajstić information content (AvgIpc) is 2.23. The van der Waals surface area contributed by atoms with Crippen LogP contribution in [0.4, 0.5) is 13.2 Å². The number of hydrogen-bond donors (Lipinski definition) is 1. The molecule has 2 N–H and O–H groups in total. The fourth-order valence-corrected chi connectivity index (χ4v) is 1.69. The predicted octanol–water partition coefficient (Wildman–Crippen LogP) is 2.08. The second-order valence-electron chi connectivity index (χ2n) is 3.65. The van der Waals surface area contributed by atoms with Gasteiger partial charge in [-0.1, -0.05) is 0 Å². The summed E-state index contributed by atoms with van der Waals surface area (Å²) in [7, 11) is 0. The number of nitrogens with two attached hydrogens (primary N) is 1. The van der Waals surface area contributed by atoms with E-state index in [0.717, 1.165) is 4.68 Å². The van der Waals surface area contributed by atoms with Gasteiger partial charge in [-0.05, 0) is 20.8 Å². The first-order chi connectivity index (χ1) is 6.72. The molecule has 0 unspecified atom stereocenters. The minimum absolute atomic E-state index is 0.299. The van der Waals surface area contributed by atoms with Gasteiger partial charge < -0.3 is 5.73 Å². The SMILES string of the molecule is Cc1nn(CC(F)(F)F)c(C)c1[C@@H](C)N. The van der Waals surface area contributed by atoms with Crippen LogP contribution in [0, 0.1) is 13.8 Å². The van der Waals surface area contributed by atoms with Crippen LogP contribution in [0.5, 0.6) is 0 Å². The van der Waals surface area contributed by atoms with E-state index < -0.39 is 12.7 Å². The van der Waals surface area contributed by atoms with E-state index in [1.54, 1.807) is 20.8 Å². The lowest BCUT2D eigenvalue weighted by Crippen LogP contribution is -2.20. The topological polar surface area (TPSA) is 43.8 Å². The van der Waals surface area contributed by atoms with Crippen molar-refractivity contribution in [3.05, 3.63) is 17.0 Å². The highest BCUT2D eigenvalue weighted by atomic mass is 19.4. The highest BCUT2D eigenvalue weighted by Gasteiger charge is 2.30. The maximum absolute atomic E-state index is 12.2. The van der Waals surface area contributed by atoms with Crippen molar-refractivity contribution in [2.45, 2.75) is 39.5 Å². The summed E-state index contributed by atoms with van der Waals surface area (Å²) < 4.78 is 37.5. The Hall–Kier alpha value is -1.04. The zero-order valence-electron chi connectivity index (χ0n) is 8.89. The Labute approximate surface area is 86.1 Å². The normalized spacial score (nSPS) is 14.3. The Morgan fingerprint density at radius 3 is 2.27 bits per heavy atom. The zero-order valence-corrected chi connectivity index (χ0v) is 8.89. The number of hydrogen-bond acceptors (Lipinski definition) is 2. The van der Waals surface area contributed by atoms with Gasteiger partial charge in [0.15, 0.2) is 0 Å². The summed E-state index contributed by atoms with van der Waals surface area (Å²) in [5.74, 6) is 0. The van der Waals surface area contributed by atoms with Crippen molar-refractivity contribution in [1.29, 1.82) is 0 Å². The largest absolute Gasteiger partial charge is 0.408 e. The van der Waals surface area contributed by atoms with Gasteiger partial charge in [0.05, 0.1) is 5.69 Å². The maximum Gasteiger partial charge on any atom is 0.408 e. The molecule has 0 radical (unpaired) electrons. The van der Waals surface area contributed by atoms with Crippen molar-refractivity contribution < 1.29 is 13.2 Å². The van der Waals surface area contributed by atoms with Crippen LogP contribution in [0.25, 0.3) is 0 Å². The molecular weight excluding hydrogens is 207 g/mol. The highest BCUT2D eigenvalue weighted by molar-refractivity contribution is 5.27. The molecule has 1 heterocycles. The molecule has 1 aromatic rings. The molecule has 6 heteroatoms. The number of aromatic nitrogens is 2. The molecule has 0 saturated heterocycles. The third kappa shape index (κ3) is 2.71. The lowest BCUT2D eigenvalue weighted by molar-refractivity contribution is -0.142. The van der Waals surface area contributed by atoms with Gasteiger partial charge in [-0.3, -0.25) is 4.68 Å². The van der Waals surface area contributed by atoms with Gasteiger partial charge in [-0.25, -0.2) is 0 Å². The molecule has 86 valence electrons. The molecule has 0 aliphatic heterocycles. The van der Waals surface area contributed by atoms with Gasteiger partial charge in [0.1, 0.15) is 6.54 Å². The minimum Gasteiger partial charge on any atom is -0.324 e. The summed E-state index contributed by atoms with van der Waals surface area (Å²) in [6.45, 7) is 3.93. The van der Waals surface area contributed by atoms with E-state index in [9.17, 15) is 13.2 Å². The fourth-order valence-electron chi connectivity index (χ4n) is 1.69. The first-order valence-electron chi connectivity index (χ1n) is 4.58. The van der Waals surface area contributed by atoms with E-state index in [1.807, 2.05) is 0 Å². The number of rotatable bonds is 2.